The predicted molar refractivity (Wildman–Crippen MR) is 162 cm³/mol. The van der Waals surface area contributed by atoms with Crippen molar-refractivity contribution in [1.29, 1.82) is 0 Å². The van der Waals surface area contributed by atoms with Crippen molar-refractivity contribution in [1.82, 2.24) is 20.4 Å². The molecule has 1 heterocycles. The summed E-state index contributed by atoms with van der Waals surface area (Å²) in [6, 6.07) is 14.7. The Morgan fingerprint density at radius 3 is 2.43 bits per heavy atom. The summed E-state index contributed by atoms with van der Waals surface area (Å²) in [6.07, 6.45) is 4.23. The van der Waals surface area contributed by atoms with Gasteiger partial charge in [-0.05, 0) is 62.2 Å². The number of fused-ring (bicyclic) bond motifs is 1. The highest BCUT2D eigenvalue weighted by Gasteiger charge is 2.41. The van der Waals surface area contributed by atoms with Crippen molar-refractivity contribution in [2.45, 2.75) is 43.7 Å². The number of carbonyl (C=O) groups is 2. The molecule has 4 rings (SSSR count). The van der Waals surface area contributed by atoms with E-state index in [-0.39, 0.29) is 23.7 Å². The Morgan fingerprint density at radius 2 is 1.74 bits per heavy atom. The lowest BCUT2D eigenvalue weighted by Gasteiger charge is -2.26. The van der Waals surface area contributed by atoms with E-state index in [0.717, 1.165) is 42.6 Å². The van der Waals surface area contributed by atoms with Gasteiger partial charge in [-0.2, -0.15) is 0 Å². The second kappa shape index (κ2) is 15.9. The lowest BCUT2D eigenvalue weighted by atomic mass is 9.92. The van der Waals surface area contributed by atoms with Crippen LogP contribution in [0.25, 0.3) is 0 Å². The SMILES string of the molecule is C=CC(=O)NCCOCCOCCNC(=O)CCc1ccc([C@H]2CN([C@H]3CCc4cccc(F)c43)C[C@@H]2N(C)C)cc1. The molecule has 0 spiro atoms. The van der Waals surface area contributed by atoms with Gasteiger partial charge in [0.25, 0.3) is 0 Å². The van der Waals surface area contributed by atoms with Crippen LogP contribution in [0.5, 0.6) is 0 Å². The minimum absolute atomic E-state index is 0.0000651. The average molecular weight is 581 g/mol. The van der Waals surface area contributed by atoms with Gasteiger partial charge >= 0.3 is 0 Å². The first-order valence-corrected chi connectivity index (χ1v) is 15.0. The van der Waals surface area contributed by atoms with Crippen LogP contribution in [0.15, 0.2) is 55.1 Å². The van der Waals surface area contributed by atoms with Crippen molar-refractivity contribution in [2.24, 2.45) is 0 Å². The van der Waals surface area contributed by atoms with Crippen molar-refractivity contribution in [2.75, 3.05) is 66.7 Å². The van der Waals surface area contributed by atoms with E-state index in [1.807, 2.05) is 6.07 Å². The zero-order chi connectivity index (χ0) is 29.9. The minimum atomic E-state index is -0.220. The van der Waals surface area contributed by atoms with Crippen molar-refractivity contribution in [3.05, 3.63) is 83.2 Å². The molecule has 2 aromatic rings. The third-order valence-corrected chi connectivity index (χ3v) is 8.31. The van der Waals surface area contributed by atoms with E-state index in [4.69, 9.17) is 9.47 Å². The number of aryl methyl sites for hydroxylation is 2. The van der Waals surface area contributed by atoms with Crippen LogP contribution in [0.1, 0.15) is 47.1 Å². The molecule has 2 aromatic carbocycles. The molecule has 3 atom stereocenters. The van der Waals surface area contributed by atoms with Crippen molar-refractivity contribution < 1.29 is 23.5 Å². The smallest absolute Gasteiger partial charge is 0.243 e. The molecule has 1 saturated heterocycles. The van der Waals surface area contributed by atoms with Gasteiger partial charge in [0.05, 0.1) is 26.4 Å². The Hall–Kier alpha value is -3.11. The number of ether oxygens (including phenoxy) is 2. The third-order valence-electron chi connectivity index (χ3n) is 8.31. The van der Waals surface area contributed by atoms with Crippen LogP contribution < -0.4 is 10.6 Å². The highest BCUT2D eigenvalue weighted by molar-refractivity contribution is 5.86. The third kappa shape index (κ3) is 8.70. The van der Waals surface area contributed by atoms with Gasteiger partial charge in [0.1, 0.15) is 5.82 Å². The lowest BCUT2D eigenvalue weighted by Crippen LogP contribution is -2.35. The topological polar surface area (TPSA) is 83.1 Å². The molecule has 42 heavy (non-hydrogen) atoms. The minimum Gasteiger partial charge on any atom is -0.377 e. The summed E-state index contributed by atoms with van der Waals surface area (Å²) in [4.78, 5) is 28.1. The summed E-state index contributed by atoms with van der Waals surface area (Å²) in [5, 5.41) is 5.53. The van der Waals surface area contributed by atoms with Crippen LogP contribution in [-0.2, 0) is 31.9 Å². The molecule has 9 heteroatoms. The van der Waals surface area contributed by atoms with Crippen LogP contribution in [0.3, 0.4) is 0 Å². The summed E-state index contributed by atoms with van der Waals surface area (Å²) < 4.78 is 25.6. The number of carbonyl (C=O) groups excluding carboxylic acids is 2. The van der Waals surface area contributed by atoms with E-state index in [1.54, 1.807) is 6.07 Å². The fraction of sp³-hybridized carbons (Fsp3) is 0.515. The summed E-state index contributed by atoms with van der Waals surface area (Å²) in [5.74, 6) is 0.0500. The van der Waals surface area contributed by atoms with Gasteiger partial charge in [-0.15, -0.1) is 0 Å². The first-order valence-electron chi connectivity index (χ1n) is 15.0. The number of hydrogen-bond acceptors (Lipinski definition) is 6. The quantitative estimate of drug-likeness (QED) is 0.234. The van der Waals surface area contributed by atoms with E-state index >= 15 is 0 Å². The van der Waals surface area contributed by atoms with Crippen LogP contribution in [0, 0.1) is 5.82 Å². The van der Waals surface area contributed by atoms with Gasteiger partial charge in [-0.25, -0.2) is 4.39 Å². The Kier molecular flexibility index (Phi) is 12.1. The number of halogens is 1. The Balaban J connectivity index is 1.16. The molecule has 2 N–H and O–H groups in total. The molecule has 0 saturated carbocycles. The predicted octanol–water partition coefficient (Wildman–Crippen LogP) is 3.23. The molecule has 0 radical (unpaired) electrons. The summed E-state index contributed by atoms with van der Waals surface area (Å²) in [5.41, 5.74) is 4.47. The second-order valence-corrected chi connectivity index (χ2v) is 11.3. The molecule has 0 bridgehead atoms. The summed E-state index contributed by atoms with van der Waals surface area (Å²) in [7, 11) is 4.26. The van der Waals surface area contributed by atoms with Crippen LogP contribution in [0.4, 0.5) is 4.39 Å². The van der Waals surface area contributed by atoms with Gasteiger partial charge in [0, 0.05) is 56.2 Å². The fourth-order valence-corrected chi connectivity index (χ4v) is 6.08. The maximum absolute atomic E-state index is 14.7. The maximum atomic E-state index is 14.7. The molecule has 1 fully saturated rings. The van der Waals surface area contributed by atoms with Gasteiger partial charge < -0.3 is 25.0 Å². The Labute approximate surface area is 249 Å². The molecule has 1 aliphatic carbocycles. The van der Waals surface area contributed by atoms with E-state index in [0.29, 0.717) is 64.3 Å². The van der Waals surface area contributed by atoms with Crippen molar-refractivity contribution in [3.63, 3.8) is 0 Å². The molecule has 0 unspecified atom stereocenters. The van der Waals surface area contributed by atoms with E-state index < -0.39 is 0 Å². The van der Waals surface area contributed by atoms with Crippen molar-refractivity contribution in [3.8, 4) is 0 Å². The number of rotatable bonds is 16. The number of benzene rings is 2. The number of amides is 2. The van der Waals surface area contributed by atoms with Gasteiger partial charge in [0.2, 0.25) is 11.8 Å². The van der Waals surface area contributed by atoms with Gasteiger partial charge in [-0.3, -0.25) is 14.5 Å². The maximum Gasteiger partial charge on any atom is 0.243 e. The lowest BCUT2D eigenvalue weighted by molar-refractivity contribution is -0.121. The fourth-order valence-electron chi connectivity index (χ4n) is 6.08. The second-order valence-electron chi connectivity index (χ2n) is 11.3. The average Bonchev–Trinajstić information content (AvgIpc) is 3.63. The Bertz CT molecular complexity index is 1190. The van der Waals surface area contributed by atoms with E-state index in [1.165, 1.54) is 11.6 Å². The van der Waals surface area contributed by atoms with Crippen LogP contribution in [-0.4, -0.2) is 94.4 Å². The highest BCUT2D eigenvalue weighted by Crippen LogP contribution is 2.42. The first-order chi connectivity index (χ1) is 20.4. The highest BCUT2D eigenvalue weighted by atomic mass is 19.1. The summed E-state index contributed by atoms with van der Waals surface area (Å²) in [6.45, 7) is 7.77. The standard InChI is InChI=1S/C33H45FN4O4/c1-4-31(39)35-16-18-41-20-21-42-19-17-36-32(40)15-10-24-8-11-25(12-9-24)27-22-38(23-30(27)37(2)3)29-14-13-26-6-5-7-28(34)33(26)29/h4-9,11-12,27,29-30H,1,10,13-23H2,2-3H3,(H,35,39)(H,36,40)/t27-,29+,30+/m1/s1. The zero-order valence-electron chi connectivity index (χ0n) is 24.9. The zero-order valence-corrected chi connectivity index (χ0v) is 24.9. The number of nitrogens with zero attached hydrogens (tertiary/aromatic N) is 2. The molecule has 2 amide bonds. The number of nitrogens with one attached hydrogen (secondary N) is 2. The van der Waals surface area contributed by atoms with Gasteiger partial charge in [-0.1, -0.05) is 43.0 Å². The Morgan fingerprint density at radius 1 is 1.02 bits per heavy atom. The largest absolute Gasteiger partial charge is 0.377 e. The molecule has 228 valence electrons. The normalized spacial score (nSPS) is 20.0. The number of likely N-dealkylation sites (tertiary alicyclic amines) is 1. The van der Waals surface area contributed by atoms with Gasteiger partial charge in [0.15, 0.2) is 0 Å². The molecule has 8 nitrogen and oxygen atoms in total. The molecular formula is C33H45FN4O4. The van der Waals surface area contributed by atoms with E-state index in [2.05, 4.69) is 71.4 Å². The van der Waals surface area contributed by atoms with Crippen molar-refractivity contribution >= 4 is 11.8 Å². The first kappa shape index (κ1) is 31.8. The monoisotopic (exact) mass is 580 g/mol. The van der Waals surface area contributed by atoms with Crippen LogP contribution >= 0.6 is 0 Å². The molecular weight excluding hydrogens is 535 g/mol. The van der Waals surface area contributed by atoms with E-state index in [9.17, 15) is 14.0 Å². The number of likely N-dealkylation sites (N-methyl/N-ethyl adjacent to an activating group) is 1. The number of hydrogen-bond donors (Lipinski definition) is 2. The molecule has 2 aliphatic rings. The molecule has 1 aliphatic heterocycles. The van der Waals surface area contributed by atoms with Crippen LogP contribution in [0.2, 0.25) is 0 Å². The summed E-state index contributed by atoms with van der Waals surface area (Å²) >= 11 is 0. The molecule has 0 aromatic heterocycles.